The molecule has 2 N–H and O–H groups in total. The maximum absolute atomic E-state index is 5.76. The Kier molecular flexibility index (Phi) is 3.25. The maximum Gasteiger partial charge on any atom is 0.158 e. The summed E-state index contributed by atoms with van der Waals surface area (Å²) >= 11 is 2.23. The molecule has 4 nitrogen and oxygen atoms in total. The highest BCUT2D eigenvalue weighted by atomic mass is 127. The van der Waals surface area contributed by atoms with Crippen LogP contribution in [0.15, 0.2) is 18.5 Å². The predicted octanol–water partition coefficient (Wildman–Crippen LogP) is 1.95. The largest absolute Gasteiger partial charge is 0.326 e. The van der Waals surface area contributed by atoms with E-state index in [-0.39, 0.29) is 0 Å². The third-order valence-corrected chi connectivity index (χ3v) is 2.98. The van der Waals surface area contributed by atoms with Gasteiger partial charge in [-0.05, 0) is 48.1 Å². The van der Waals surface area contributed by atoms with E-state index in [2.05, 4.69) is 39.6 Å². The molecule has 5 heteroatoms. The van der Waals surface area contributed by atoms with Gasteiger partial charge >= 0.3 is 0 Å². The zero-order valence-corrected chi connectivity index (χ0v) is 11.4. The second-order valence-corrected chi connectivity index (χ2v) is 4.94. The first kappa shape index (κ1) is 11.5. The molecule has 2 aromatic heterocycles. The molecule has 0 aliphatic heterocycles. The number of rotatable bonds is 2. The Morgan fingerprint density at radius 3 is 2.75 bits per heavy atom. The molecule has 0 saturated carbocycles. The molecule has 0 aliphatic rings. The number of nitrogens with two attached hydrogens (primary N) is 1. The summed E-state index contributed by atoms with van der Waals surface area (Å²) in [5, 5.41) is 4.27. The lowest BCUT2D eigenvalue weighted by Gasteiger charge is -2.11. The summed E-state index contributed by atoms with van der Waals surface area (Å²) < 4.78 is 2.87. The minimum Gasteiger partial charge on any atom is -0.326 e. The number of halogens is 1. The van der Waals surface area contributed by atoms with Crippen molar-refractivity contribution < 1.29 is 0 Å². The number of hydrogen-bond acceptors (Lipinski definition) is 3. The summed E-state index contributed by atoms with van der Waals surface area (Å²) in [6, 6.07) is 2.04. The molecule has 2 rings (SSSR count). The van der Waals surface area contributed by atoms with Crippen molar-refractivity contribution in [3.05, 3.63) is 38.9 Å². The van der Waals surface area contributed by atoms with Crippen molar-refractivity contribution in [1.82, 2.24) is 14.8 Å². The van der Waals surface area contributed by atoms with Crippen molar-refractivity contribution in [1.29, 1.82) is 0 Å². The van der Waals surface area contributed by atoms with Crippen LogP contribution in [0.5, 0.6) is 0 Å². The molecule has 0 aromatic carbocycles. The highest BCUT2D eigenvalue weighted by molar-refractivity contribution is 14.1. The van der Waals surface area contributed by atoms with Crippen molar-refractivity contribution in [2.45, 2.75) is 20.4 Å². The lowest BCUT2D eigenvalue weighted by Crippen LogP contribution is -2.10. The number of aryl methyl sites for hydroxylation is 2. The van der Waals surface area contributed by atoms with E-state index < -0.39 is 0 Å². The van der Waals surface area contributed by atoms with E-state index in [9.17, 15) is 0 Å². The molecule has 0 aliphatic carbocycles. The second-order valence-electron chi connectivity index (χ2n) is 3.69. The van der Waals surface area contributed by atoms with E-state index in [0.29, 0.717) is 6.54 Å². The van der Waals surface area contributed by atoms with Crippen molar-refractivity contribution in [3.8, 4) is 5.82 Å². The van der Waals surface area contributed by atoms with Crippen LogP contribution in [0, 0.1) is 17.4 Å². The van der Waals surface area contributed by atoms with Gasteiger partial charge in [0.2, 0.25) is 0 Å². The highest BCUT2D eigenvalue weighted by Crippen LogP contribution is 2.17. The second kappa shape index (κ2) is 4.50. The van der Waals surface area contributed by atoms with Gasteiger partial charge in [-0.15, -0.1) is 0 Å². The molecule has 0 bridgehead atoms. The van der Waals surface area contributed by atoms with Gasteiger partial charge in [0.25, 0.3) is 0 Å². The van der Waals surface area contributed by atoms with Crippen molar-refractivity contribution >= 4 is 22.6 Å². The molecule has 2 aromatic rings. The molecule has 0 amide bonds. The number of pyridine rings is 1. The Morgan fingerprint density at radius 2 is 2.19 bits per heavy atom. The van der Waals surface area contributed by atoms with Gasteiger partial charge in [0.1, 0.15) is 0 Å². The first-order valence-corrected chi connectivity index (χ1v) is 6.07. The topological polar surface area (TPSA) is 56.7 Å². The Labute approximate surface area is 108 Å². The summed E-state index contributed by atoms with van der Waals surface area (Å²) in [6.07, 6.45) is 3.75. The standard InChI is InChI=1S/C11H13IN4/c1-7-3-8(2)15-11(10(7)4-13)16-6-9(12)5-14-16/h3,5-6H,4,13H2,1-2H3. The molecule has 0 radical (unpaired) electrons. The van der Waals surface area contributed by atoms with Gasteiger partial charge in [0.05, 0.1) is 9.77 Å². The zero-order chi connectivity index (χ0) is 11.7. The smallest absolute Gasteiger partial charge is 0.158 e. The van der Waals surface area contributed by atoms with Crippen LogP contribution in [0.1, 0.15) is 16.8 Å². The van der Waals surface area contributed by atoms with Gasteiger partial charge < -0.3 is 5.73 Å². The van der Waals surface area contributed by atoms with Gasteiger partial charge in [-0.25, -0.2) is 9.67 Å². The summed E-state index contributed by atoms with van der Waals surface area (Å²) in [5.41, 5.74) is 8.95. The molecule has 0 fully saturated rings. The van der Waals surface area contributed by atoms with E-state index in [1.54, 1.807) is 10.9 Å². The minimum absolute atomic E-state index is 0.477. The summed E-state index contributed by atoms with van der Waals surface area (Å²) in [4.78, 5) is 4.51. The van der Waals surface area contributed by atoms with Crippen LogP contribution in [0.3, 0.4) is 0 Å². The van der Waals surface area contributed by atoms with Gasteiger partial charge in [-0.1, -0.05) is 0 Å². The monoisotopic (exact) mass is 328 g/mol. The Bertz CT molecular complexity index is 519. The van der Waals surface area contributed by atoms with Crippen LogP contribution < -0.4 is 5.73 Å². The number of nitrogens with zero attached hydrogens (tertiary/aromatic N) is 3. The van der Waals surface area contributed by atoms with Crippen LogP contribution in [0.2, 0.25) is 0 Å². The van der Waals surface area contributed by atoms with Crippen LogP contribution in [-0.2, 0) is 6.54 Å². The SMILES string of the molecule is Cc1cc(C)c(CN)c(-n2cc(I)cn2)n1. The lowest BCUT2D eigenvalue weighted by atomic mass is 10.1. The summed E-state index contributed by atoms with van der Waals surface area (Å²) in [6.45, 7) is 4.50. The van der Waals surface area contributed by atoms with Crippen molar-refractivity contribution in [2.24, 2.45) is 5.73 Å². The molecule has 0 spiro atoms. The molecule has 2 heterocycles. The zero-order valence-electron chi connectivity index (χ0n) is 9.24. The van der Waals surface area contributed by atoms with Crippen LogP contribution in [-0.4, -0.2) is 14.8 Å². The molecular weight excluding hydrogens is 315 g/mol. The fourth-order valence-electron chi connectivity index (χ4n) is 1.70. The average molecular weight is 328 g/mol. The van der Waals surface area contributed by atoms with Crippen LogP contribution in [0.25, 0.3) is 5.82 Å². The predicted molar refractivity (Wildman–Crippen MR) is 71.4 cm³/mol. The quantitative estimate of drug-likeness (QED) is 0.858. The molecule has 0 unspecified atom stereocenters. The number of hydrogen-bond donors (Lipinski definition) is 1. The van der Waals surface area contributed by atoms with E-state index in [0.717, 1.165) is 26.2 Å². The Balaban J connectivity index is 2.63. The minimum atomic E-state index is 0.477. The first-order chi connectivity index (χ1) is 7.61. The van der Waals surface area contributed by atoms with Crippen molar-refractivity contribution in [3.63, 3.8) is 0 Å². The van der Waals surface area contributed by atoms with E-state index in [4.69, 9.17) is 5.73 Å². The summed E-state index contributed by atoms with van der Waals surface area (Å²) in [5.74, 6) is 0.836. The van der Waals surface area contributed by atoms with Gasteiger partial charge in [0.15, 0.2) is 5.82 Å². The maximum atomic E-state index is 5.76. The molecular formula is C11H13IN4. The Hall–Kier alpha value is -0.950. The normalized spacial score (nSPS) is 10.8. The van der Waals surface area contributed by atoms with Crippen LogP contribution >= 0.6 is 22.6 Å². The first-order valence-electron chi connectivity index (χ1n) is 4.99. The van der Waals surface area contributed by atoms with E-state index in [1.807, 2.05) is 19.2 Å². The Morgan fingerprint density at radius 1 is 1.44 bits per heavy atom. The third-order valence-electron chi connectivity index (χ3n) is 2.43. The third kappa shape index (κ3) is 2.10. The molecule has 0 atom stereocenters. The van der Waals surface area contributed by atoms with Crippen LogP contribution in [0.4, 0.5) is 0 Å². The number of aromatic nitrogens is 3. The van der Waals surface area contributed by atoms with E-state index in [1.165, 1.54) is 0 Å². The average Bonchev–Trinajstić information content (AvgIpc) is 2.63. The fraction of sp³-hybridized carbons (Fsp3) is 0.273. The molecule has 16 heavy (non-hydrogen) atoms. The fourth-order valence-corrected chi connectivity index (χ4v) is 2.09. The van der Waals surface area contributed by atoms with E-state index >= 15 is 0 Å². The van der Waals surface area contributed by atoms with Gasteiger partial charge in [0, 0.05) is 24.0 Å². The van der Waals surface area contributed by atoms with Gasteiger partial charge in [-0.2, -0.15) is 5.10 Å². The van der Waals surface area contributed by atoms with Gasteiger partial charge in [-0.3, -0.25) is 0 Å². The lowest BCUT2D eigenvalue weighted by molar-refractivity contribution is 0.813. The van der Waals surface area contributed by atoms with Crippen molar-refractivity contribution in [2.75, 3.05) is 0 Å². The highest BCUT2D eigenvalue weighted by Gasteiger charge is 2.10. The molecule has 84 valence electrons. The summed E-state index contributed by atoms with van der Waals surface area (Å²) in [7, 11) is 0. The molecule has 0 saturated heterocycles.